The lowest BCUT2D eigenvalue weighted by Crippen LogP contribution is -2.20. The Kier molecular flexibility index (Phi) is 4.72. The molecule has 2 N–H and O–H groups in total. The Balaban J connectivity index is 2.51. The Bertz CT molecular complexity index is 355. The molecular formula is C10H12Cl2N2O. The van der Waals surface area contributed by atoms with Gasteiger partial charge in [-0.2, -0.15) is 0 Å². The van der Waals surface area contributed by atoms with E-state index in [0.717, 1.165) is 5.69 Å². The number of benzene rings is 1. The van der Waals surface area contributed by atoms with Gasteiger partial charge in [0.2, 0.25) is 5.91 Å². The molecule has 0 fully saturated rings. The van der Waals surface area contributed by atoms with Crippen molar-refractivity contribution in [3.05, 3.63) is 28.2 Å². The van der Waals surface area contributed by atoms with E-state index in [1.165, 1.54) is 0 Å². The predicted octanol–water partition coefficient (Wildman–Crippen LogP) is 2.54. The highest BCUT2D eigenvalue weighted by atomic mass is 35.5. The summed E-state index contributed by atoms with van der Waals surface area (Å²) in [5, 5.41) is 6.56. The van der Waals surface area contributed by atoms with Gasteiger partial charge in [0.15, 0.2) is 0 Å². The maximum absolute atomic E-state index is 10.9. The minimum Gasteiger partial charge on any atom is -0.383 e. The van der Waals surface area contributed by atoms with Crippen LogP contribution in [0.25, 0.3) is 0 Å². The SMILES string of the molecule is CNC(=O)CCNc1cccc(Cl)c1Cl. The van der Waals surface area contributed by atoms with Crippen molar-refractivity contribution in [3.8, 4) is 0 Å². The zero-order chi connectivity index (χ0) is 11.3. The second-order valence-electron chi connectivity index (χ2n) is 2.95. The van der Waals surface area contributed by atoms with Crippen molar-refractivity contribution in [1.82, 2.24) is 5.32 Å². The number of halogens is 2. The van der Waals surface area contributed by atoms with Crippen molar-refractivity contribution in [2.24, 2.45) is 0 Å². The van der Waals surface area contributed by atoms with Gasteiger partial charge in [-0.25, -0.2) is 0 Å². The number of nitrogens with one attached hydrogen (secondary N) is 2. The van der Waals surface area contributed by atoms with Crippen LogP contribution in [0.2, 0.25) is 10.0 Å². The topological polar surface area (TPSA) is 41.1 Å². The first-order chi connectivity index (χ1) is 7.15. The van der Waals surface area contributed by atoms with Gasteiger partial charge in [0.05, 0.1) is 15.7 Å². The first kappa shape index (κ1) is 12.1. The maximum atomic E-state index is 10.9. The van der Waals surface area contributed by atoms with Crippen LogP contribution in [-0.2, 0) is 4.79 Å². The molecule has 0 aromatic heterocycles. The lowest BCUT2D eigenvalue weighted by molar-refractivity contribution is -0.120. The van der Waals surface area contributed by atoms with E-state index in [9.17, 15) is 4.79 Å². The van der Waals surface area contributed by atoms with Gasteiger partial charge < -0.3 is 10.6 Å². The fraction of sp³-hybridized carbons (Fsp3) is 0.300. The number of carbonyl (C=O) groups is 1. The van der Waals surface area contributed by atoms with Crippen molar-refractivity contribution in [1.29, 1.82) is 0 Å². The molecule has 82 valence electrons. The maximum Gasteiger partial charge on any atom is 0.221 e. The van der Waals surface area contributed by atoms with Crippen LogP contribution in [0.3, 0.4) is 0 Å². The first-order valence-electron chi connectivity index (χ1n) is 4.53. The molecule has 0 aliphatic carbocycles. The molecule has 1 rings (SSSR count). The molecule has 0 spiro atoms. The fourth-order valence-electron chi connectivity index (χ4n) is 1.08. The minimum atomic E-state index is -0.0133. The minimum absolute atomic E-state index is 0.0133. The van der Waals surface area contributed by atoms with Crippen molar-refractivity contribution < 1.29 is 4.79 Å². The van der Waals surface area contributed by atoms with Crippen molar-refractivity contribution in [2.45, 2.75) is 6.42 Å². The number of hydrogen-bond donors (Lipinski definition) is 2. The van der Waals surface area contributed by atoms with E-state index in [-0.39, 0.29) is 5.91 Å². The normalized spacial score (nSPS) is 9.80. The molecule has 1 amide bonds. The second-order valence-corrected chi connectivity index (χ2v) is 3.74. The molecule has 5 heteroatoms. The van der Waals surface area contributed by atoms with E-state index in [2.05, 4.69) is 10.6 Å². The Morgan fingerprint density at radius 1 is 1.40 bits per heavy atom. The van der Waals surface area contributed by atoms with E-state index in [1.54, 1.807) is 19.2 Å². The Morgan fingerprint density at radius 2 is 2.13 bits per heavy atom. The van der Waals surface area contributed by atoms with E-state index < -0.39 is 0 Å². The number of anilines is 1. The number of hydrogen-bond acceptors (Lipinski definition) is 2. The average Bonchev–Trinajstić information content (AvgIpc) is 2.24. The van der Waals surface area contributed by atoms with E-state index in [0.29, 0.717) is 23.0 Å². The number of carbonyl (C=O) groups excluding carboxylic acids is 1. The Labute approximate surface area is 98.8 Å². The molecule has 0 unspecified atom stereocenters. The molecule has 3 nitrogen and oxygen atoms in total. The monoisotopic (exact) mass is 246 g/mol. The van der Waals surface area contributed by atoms with Gasteiger partial charge in [-0.3, -0.25) is 4.79 Å². The lowest BCUT2D eigenvalue weighted by atomic mass is 10.3. The third-order valence-corrected chi connectivity index (χ3v) is 2.72. The summed E-state index contributed by atoms with van der Waals surface area (Å²) in [5.41, 5.74) is 0.744. The summed E-state index contributed by atoms with van der Waals surface area (Å²) >= 11 is 11.8. The van der Waals surface area contributed by atoms with Gasteiger partial charge >= 0.3 is 0 Å². The zero-order valence-electron chi connectivity index (χ0n) is 8.31. The van der Waals surface area contributed by atoms with Gasteiger partial charge in [0, 0.05) is 20.0 Å². The molecule has 0 saturated carbocycles. The van der Waals surface area contributed by atoms with Crippen molar-refractivity contribution in [3.63, 3.8) is 0 Å². The standard InChI is InChI=1S/C10H12Cl2N2O/c1-13-9(15)5-6-14-8-4-2-3-7(11)10(8)12/h2-4,14H,5-6H2,1H3,(H,13,15). The summed E-state index contributed by atoms with van der Waals surface area (Å²) in [6.07, 6.45) is 0.402. The molecule has 15 heavy (non-hydrogen) atoms. The van der Waals surface area contributed by atoms with Crippen molar-refractivity contribution in [2.75, 3.05) is 18.9 Å². The fourth-order valence-corrected chi connectivity index (χ4v) is 1.44. The summed E-state index contributed by atoms with van der Waals surface area (Å²) in [4.78, 5) is 10.9. The van der Waals surface area contributed by atoms with Crippen LogP contribution in [0.1, 0.15) is 6.42 Å². The number of rotatable bonds is 4. The number of amides is 1. The van der Waals surface area contributed by atoms with Crippen molar-refractivity contribution >= 4 is 34.8 Å². The highest BCUT2D eigenvalue weighted by Gasteiger charge is 2.04. The van der Waals surface area contributed by atoms with Gasteiger partial charge in [0.1, 0.15) is 0 Å². The quantitative estimate of drug-likeness (QED) is 0.858. The molecule has 1 aromatic rings. The summed E-state index contributed by atoms with van der Waals surface area (Å²) < 4.78 is 0. The van der Waals surface area contributed by atoms with Crippen LogP contribution in [-0.4, -0.2) is 19.5 Å². The summed E-state index contributed by atoms with van der Waals surface area (Å²) in [6, 6.07) is 5.34. The van der Waals surface area contributed by atoms with Crippen LogP contribution >= 0.6 is 23.2 Å². The van der Waals surface area contributed by atoms with E-state index >= 15 is 0 Å². The third-order valence-electron chi connectivity index (χ3n) is 1.90. The van der Waals surface area contributed by atoms with Gasteiger partial charge in [-0.15, -0.1) is 0 Å². The summed E-state index contributed by atoms with van der Waals surface area (Å²) in [5.74, 6) is -0.0133. The van der Waals surface area contributed by atoms with Crippen LogP contribution < -0.4 is 10.6 Å². The van der Waals surface area contributed by atoms with Gasteiger partial charge in [-0.05, 0) is 12.1 Å². The smallest absolute Gasteiger partial charge is 0.221 e. The van der Waals surface area contributed by atoms with Gasteiger partial charge in [-0.1, -0.05) is 29.3 Å². The Hall–Kier alpha value is -0.930. The van der Waals surface area contributed by atoms with Crippen LogP contribution in [0, 0.1) is 0 Å². The third kappa shape index (κ3) is 3.61. The molecule has 0 aliphatic heterocycles. The Morgan fingerprint density at radius 3 is 2.80 bits per heavy atom. The zero-order valence-corrected chi connectivity index (χ0v) is 9.82. The first-order valence-corrected chi connectivity index (χ1v) is 5.29. The highest BCUT2D eigenvalue weighted by molar-refractivity contribution is 6.43. The molecule has 0 atom stereocenters. The molecular weight excluding hydrogens is 235 g/mol. The largest absolute Gasteiger partial charge is 0.383 e. The van der Waals surface area contributed by atoms with Gasteiger partial charge in [0.25, 0.3) is 0 Å². The predicted molar refractivity (Wildman–Crippen MR) is 63.6 cm³/mol. The van der Waals surface area contributed by atoms with Crippen LogP contribution in [0.5, 0.6) is 0 Å². The van der Waals surface area contributed by atoms with E-state index in [4.69, 9.17) is 23.2 Å². The molecule has 0 heterocycles. The molecule has 1 aromatic carbocycles. The second kappa shape index (κ2) is 5.83. The lowest BCUT2D eigenvalue weighted by Gasteiger charge is -2.08. The molecule has 0 radical (unpaired) electrons. The average molecular weight is 247 g/mol. The van der Waals surface area contributed by atoms with E-state index in [1.807, 2.05) is 6.07 Å². The summed E-state index contributed by atoms with van der Waals surface area (Å²) in [6.45, 7) is 0.528. The molecule has 0 bridgehead atoms. The highest BCUT2D eigenvalue weighted by Crippen LogP contribution is 2.29. The molecule has 0 aliphatic rings. The molecule has 0 saturated heterocycles. The summed E-state index contributed by atoms with van der Waals surface area (Å²) in [7, 11) is 1.61. The van der Waals surface area contributed by atoms with Crippen LogP contribution in [0.15, 0.2) is 18.2 Å². The van der Waals surface area contributed by atoms with Crippen LogP contribution in [0.4, 0.5) is 5.69 Å².